The Balaban J connectivity index is 1.92. The first-order valence-electron chi connectivity index (χ1n) is 8.65. The molecule has 0 fully saturated rings. The molecule has 1 aliphatic rings. The van der Waals surface area contributed by atoms with Crippen molar-refractivity contribution in [1.29, 1.82) is 0 Å². The summed E-state index contributed by atoms with van der Waals surface area (Å²) in [6.45, 7) is 2.09. The lowest BCUT2D eigenvalue weighted by molar-refractivity contribution is -0.0873. The van der Waals surface area contributed by atoms with Crippen LogP contribution in [0.1, 0.15) is 18.3 Å². The quantitative estimate of drug-likeness (QED) is 0.364. The smallest absolute Gasteiger partial charge is 0.330 e. The van der Waals surface area contributed by atoms with Crippen molar-refractivity contribution in [3.05, 3.63) is 51.8 Å². The summed E-state index contributed by atoms with van der Waals surface area (Å²) >= 11 is 6.87. The van der Waals surface area contributed by atoms with Gasteiger partial charge in [-0.1, -0.05) is 41.1 Å². The molecule has 0 saturated heterocycles. The highest BCUT2D eigenvalue weighted by atomic mass is 79.9. The maximum atomic E-state index is 13.2. The Kier molecular flexibility index (Phi) is 5.22. The average molecular weight is 485 g/mol. The largest absolute Gasteiger partial charge is 0.416 e. The molecule has 28 heavy (non-hydrogen) atoms. The van der Waals surface area contributed by atoms with Crippen LogP contribution in [0, 0.1) is 0 Å². The zero-order valence-electron chi connectivity index (χ0n) is 15.1. The molecule has 0 aliphatic heterocycles. The van der Waals surface area contributed by atoms with Crippen LogP contribution in [-0.2, 0) is 13.5 Å². The number of alkyl halides is 3. The molecule has 2 heterocycles. The van der Waals surface area contributed by atoms with Gasteiger partial charge < -0.3 is 4.57 Å². The predicted molar refractivity (Wildman–Crippen MR) is 115 cm³/mol. The zero-order valence-corrected chi connectivity index (χ0v) is 18.3. The lowest BCUT2D eigenvalue weighted by Crippen LogP contribution is -2.09. The number of benzene rings is 1. The van der Waals surface area contributed by atoms with Crippen LogP contribution in [-0.4, -0.2) is 21.5 Å². The van der Waals surface area contributed by atoms with E-state index in [-0.39, 0.29) is 0 Å². The summed E-state index contributed by atoms with van der Waals surface area (Å²) in [6.07, 6.45) is -0.125. The lowest BCUT2D eigenvalue weighted by atomic mass is 10.2. The number of thiophene rings is 1. The summed E-state index contributed by atoms with van der Waals surface area (Å²) in [7, 11) is 1.88. The molecule has 4 rings (SSSR count). The van der Waals surface area contributed by atoms with E-state index in [1.54, 1.807) is 29.2 Å². The van der Waals surface area contributed by atoms with Crippen molar-refractivity contribution in [2.45, 2.75) is 24.4 Å². The molecule has 1 aliphatic carbocycles. The summed E-state index contributed by atoms with van der Waals surface area (Å²) < 4.78 is 43.7. The van der Waals surface area contributed by atoms with Crippen LogP contribution in [0.3, 0.4) is 0 Å². The van der Waals surface area contributed by atoms with E-state index in [4.69, 9.17) is 0 Å². The highest BCUT2D eigenvalue weighted by Crippen LogP contribution is 2.45. The van der Waals surface area contributed by atoms with Crippen molar-refractivity contribution < 1.29 is 13.2 Å². The minimum absolute atomic E-state index is 0.390. The van der Waals surface area contributed by atoms with Crippen molar-refractivity contribution in [3.63, 3.8) is 0 Å². The third kappa shape index (κ3) is 3.46. The van der Waals surface area contributed by atoms with Crippen molar-refractivity contribution in [2.24, 2.45) is 7.05 Å². The summed E-state index contributed by atoms with van der Waals surface area (Å²) in [4.78, 5) is 6.77. The summed E-state index contributed by atoms with van der Waals surface area (Å²) in [5, 5.41) is 1.15. The minimum Gasteiger partial charge on any atom is -0.330 e. The minimum atomic E-state index is -4.39. The number of allylic oxidation sites excluding steroid dienone is 3. The van der Waals surface area contributed by atoms with Gasteiger partial charge in [-0.05, 0) is 24.0 Å². The van der Waals surface area contributed by atoms with E-state index in [0.717, 1.165) is 47.9 Å². The first kappa shape index (κ1) is 19.8. The van der Waals surface area contributed by atoms with Crippen molar-refractivity contribution in [3.8, 4) is 10.7 Å². The van der Waals surface area contributed by atoms with E-state index in [1.165, 1.54) is 0 Å². The highest BCUT2D eigenvalue weighted by molar-refractivity contribution is 9.10. The molecular weight excluding hydrogens is 469 g/mol. The summed E-state index contributed by atoms with van der Waals surface area (Å²) in [5.41, 5.74) is 0.511. The van der Waals surface area contributed by atoms with Crippen LogP contribution in [0.25, 0.3) is 26.9 Å². The summed E-state index contributed by atoms with van der Waals surface area (Å²) in [6, 6.07) is 6.16. The molecule has 0 N–H and O–H groups in total. The van der Waals surface area contributed by atoms with Gasteiger partial charge in [0.15, 0.2) is 5.82 Å². The predicted octanol–water partition coefficient (Wildman–Crippen LogP) is 7.23. The fourth-order valence-corrected chi connectivity index (χ4v) is 6.15. The van der Waals surface area contributed by atoms with Gasteiger partial charge in [0.25, 0.3) is 0 Å². The number of rotatable bonds is 3. The van der Waals surface area contributed by atoms with E-state index in [1.807, 2.05) is 17.7 Å². The SMILES string of the molecule is CCSc1c(-c2nc3c(n2C)CC=CC(C(F)(F)F)=C3)sc2cc(Br)ccc12. The number of hydrogen-bond acceptors (Lipinski definition) is 3. The van der Waals surface area contributed by atoms with Gasteiger partial charge in [-0.3, -0.25) is 0 Å². The molecule has 8 heteroatoms. The van der Waals surface area contributed by atoms with Gasteiger partial charge >= 0.3 is 6.18 Å². The summed E-state index contributed by atoms with van der Waals surface area (Å²) in [5.74, 6) is 1.62. The Bertz CT molecular complexity index is 1120. The zero-order chi connectivity index (χ0) is 20.1. The second-order valence-corrected chi connectivity index (χ2v) is 9.61. The van der Waals surface area contributed by atoms with Gasteiger partial charge in [0, 0.05) is 38.6 Å². The third-order valence-electron chi connectivity index (χ3n) is 4.57. The Morgan fingerprint density at radius 3 is 2.82 bits per heavy atom. The molecule has 0 unspecified atom stereocenters. The van der Waals surface area contributed by atoms with E-state index in [9.17, 15) is 13.2 Å². The first-order chi connectivity index (χ1) is 13.3. The third-order valence-corrected chi connectivity index (χ3v) is 7.34. The maximum Gasteiger partial charge on any atom is 0.416 e. The Labute approximate surface area is 177 Å². The van der Waals surface area contributed by atoms with Crippen LogP contribution in [0.15, 0.2) is 45.3 Å². The van der Waals surface area contributed by atoms with Gasteiger partial charge in [0.1, 0.15) is 0 Å². The number of hydrogen-bond donors (Lipinski definition) is 0. The molecule has 2 aromatic heterocycles. The van der Waals surface area contributed by atoms with E-state index in [2.05, 4.69) is 40.0 Å². The van der Waals surface area contributed by atoms with Crippen molar-refractivity contribution in [2.75, 3.05) is 5.75 Å². The van der Waals surface area contributed by atoms with Crippen molar-refractivity contribution >= 4 is 55.2 Å². The van der Waals surface area contributed by atoms with E-state index < -0.39 is 11.7 Å². The molecule has 0 spiro atoms. The lowest BCUT2D eigenvalue weighted by Gasteiger charge is -2.06. The Morgan fingerprint density at radius 2 is 2.11 bits per heavy atom. The molecule has 0 saturated carbocycles. The second kappa shape index (κ2) is 7.39. The maximum absolute atomic E-state index is 13.2. The number of halogens is 4. The van der Waals surface area contributed by atoms with E-state index in [0.29, 0.717) is 17.9 Å². The van der Waals surface area contributed by atoms with Gasteiger partial charge in [-0.25, -0.2) is 4.98 Å². The standard InChI is InChI=1S/C20H16BrF3N2S2/c1-3-27-17-13-8-7-12(21)10-16(13)28-18(17)19-25-14-9-11(20(22,23)24)5-4-6-15(14)26(19)2/h4-5,7-10H,3,6H2,1-2H3. The van der Waals surface area contributed by atoms with Gasteiger partial charge in [0.05, 0.1) is 16.1 Å². The highest BCUT2D eigenvalue weighted by Gasteiger charge is 2.33. The van der Waals surface area contributed by atoms with Crippen LogP contribution >= 0.6 is 39.0 Å². The topological polar surface area (TPSA) is 17.8 Å². The molecule has 0 bridgehead atoms. The Morgan fingerprint density at radius 1 is 1.32 bits per heavy atom. The van der Waals surface area contributed by atoms with Crippen LogP contribution in [0.5, 0.6) is 0 Å². The number of imidazole rings is 1. The fourth-order valence-electron chi connectivity index (χ4n) is 3.26. The van der Waals surface area contributed by atoms with E-state index >= 15 is 0 Å². The van der Waals surface area contributed by atoms with Gasteiger partial charge in [0.2, 0.25) is 0 Å². The van der Waals surface area contributed by atoms with Crippen LogP contribution < -0.4 is 0 Å². The molecule has 0 amide bonds. The molecule has 1 aromatic carbocycles. The van der Waals surface area contributed by atoms with Crippen LogP contribution in [0.4, 0.5) is 13.2 Å². The number of fused-ring (bicyclic) bond motifs is 2. The molecular formula is C20H16BrF3N2S2. The molecule has 2 nitrogen and oxygen atoms in total. The van der Waals surface area contributed by atoms with Gasteiger partial charge in [-0.2, -0.15) is 13.2 Å². The Hall–Kier alpha value is -1.51. The number of aromatic nitrogens is 2. The molecule has 3 aromatic rings. The van der Waals surface area contributed by atoms with Crippen molar-refractivity contribution in [1.82, 2.24) is 9.55 Å². The second-order valence-electron chi connectivity index (χ2n) is 6.36. The first-order valence-corrected chi connectivity index (χ1v) is 11.3. The number of thioether (sulfide) groups is 1. The average Bonchev–Trinajstić information content (AvgIpc) is 3.02. The fraction of sp³-hybridized carbons (Fsp3) is 0.250. The van der Waals surface area contributed by atoms with Crippen LogP contribution in [0.2, 0.25) is 0 Å². The molecule has 146 valence electrons. The molecule has 0 atom stereocenters. The normalized spacial score (nSPS) is 14.3. The molecule has 0 radical (unpaired) electrons. The monoisotopic (exact) mass is 484 g/mol. The number of nitrogens with zero attached hydrogens (tertiary/aromatic N) is 2. The van der Waals surface area contributed by atoms with Gasteiger partial charge in [-0.15, -0.1) is 23.1 Å².